The largest absolute Gasteiger partial charge is 0.369 e. The molecule has 1 N–H and O–H groups in total. The van der Waals surface area contributed by atoms with Gasteiger partial charge in [-0.15, -0.1) is 0 Å². The molecule has 1 fully saturated rings. The molecule has 9 heteroatoms. The summed E-state index contributed by atoms with van der Waals surface area (Å²) in [4.78, 5) is 35.9. The van der Waals surface area contributed by atoms with Gasteiger partial charge in [0.2, 0.25) is 5.91 Å². The monoisotopic (exact) mass is 513 g/mol. The lowest BCUT2D eigenvalue weighted by Gasteiger charge is -2.43. The average Bonchev–Trinajstić information content (AvgIpc) is 2.81. The number of aromatic nitrogens is 2. The smallest absolute Gasteiger partial charge is 0.262 e. The SMILES string of the molecule is CC(C)NC(=O)Cn1c(-c2ccc(F)c(Cl)c2)nc2ccc(N3CCN(C(C)C)[C@H](C)C3)cc2c1=O. The maximum absolute atomic E-state index is 13.8. The number of rotatable bonds is 6. The first kappa shape index (κ1) is 26.1. The van der Waals surface area contributed by atoms with E-state index in [4.69, 9.17) is 16.6 Å². The van der Waals surface area contributed by atoms with E-state index < -0.39 is 5.82 Å². The molecule has 2 heterocycles. The van der Waals surface area contributed by atoms with Crippen LogP contribution in [-0.4, -0.2) is 58.1 Å². The van der Waals surface area contributed by atoms with E-state index in [1.165, 1.54) is 22.8 Å². The Balaban J connectivity index is 1.79. The van der Waals surface area contributed by atoms with E-state index in [1.54, 1.807) is 0 Å². The van der Waals surface area contributed by atoms with Crippen LogP contribution in [0, 0.1) is 5.82 Å². The Labute approximate surface area is 215 Å². The van der Waals surface area contributed by atoms with Crippen LogP contribution in [-0.2, 0) is 11.3 Å². The molecule has 0 spiro atoms. The normalized spacial score (nSPS) is 16.8. The number of benzene rings is 2. The highest BCUT2D eigenvalue weighted by Crippen LogP contribution is 2.27. The highest BCUT2D eigenvalue weighted by molar-refractivity contribution is 6.31. The summed E-state index contributed by atoms with van der Waals surface area (Å²) in [5.74, 6) is -0.609. The number of piperazine rings is 1. The summed E-state index contributed by atoms with van der Waals surface area (Å²) in [6, 6.07) is 10.6. The molecule has 1 aromatic heterocycles. The molecule has 1 aliphatic rings. The van der Waals surface area contributed by atoms with Crippen molar-refractivity contribution < 1.29 is 9.18 Å². The number of nitrogens with one attached hydrogen (secondary N) is 1. The van der Waals surface area contributed by atoms with Crippen LogP contribution in [0.2, 0.25) is 5.02 Å². The molecule has 3 aromatic rings. The molecule has 0 bridgehead atoms. The third kappa shape index (κ3) is 5.39. The molecule has 7 nitrogen and oxygen atoms in total. The summed E-state index contributed by atoms with van der Waals surface area (Å²) in [5, 5.41) is 3.17. The molecule has 192 valence electrons. The van der Waals surface area contributed by atoms with Crippen LogP contribution in [0.1, 0.15) is 34.6 Å². The number of carbonyl (C=O) groups is 1. The fourth-order valence-electron chi connectivity index (χ4n) is 4.89. The predicted octanol–water partition coefficient (Wildman–Crippen LogP) is 4.30. The van der Waals surface area contributed by atoms with Crippen LogP contribution in [0.4, 0.5) is 10.1 Å². The van der Waals surface area contributed by atoms with Gasteiger partial charge in [0.15, 0.2) is 0 Å². The molecule has 1 atom stereocenters. The quantitative estimate of drug-likeness (QED) is 0.532. The molecule has 1 aliphatic heterocycles. The van der Waals surface area contributed by atoms with Gasteiger partial charge < -0.3 is 10.2 Å². The van der Waals surface area contributed by atoms with Gasteiger partial charge in [0.25, 0.3) is 5.56 Å². The van der Waals surface area contributed by atoms with Crippen LogP contribution >= 0.6 is 11.6 Å². The van der Waals surface area contributed by atoms with Crippen molar-refractivity contribution in [3.63, 3.8) is 0 Å². The van der Waals surface area contributed by atoms with E-state index in [2.05, 4.69) is 35.9 Å². The zero-order chi connectivity index (χ0) is 26.1. The number of hydrogen-bond donors (Lipinski definition) is 1. The number of hydrogen-bond acceptors (Lipinski definition) is 5. The highest BCUT2D eigenvalue weighted by Gasteiger charge is 2.26. The van der Waals surface area contributed by atoms with Crippen molar-refractivity contribution in [3.05, 3.63) is 57.6 Å². The van der Waals surface area contributed by atoms with Gasteiger partial charge in [-0.25, -0.2) is 9.37 Å². The fourth-order valence-corrected chi connectivity index (χ4v) is 5.07. The second kappa shape index (κ2) is 10.6. The standard InChI is InChI=1S/C27H33ClFN5O2/c1-16(2)30-25(35)15-34-26(19-6-8-23(29)22(28)12-19)31-24-9-7-20(13-21(24)27(34)36)32-10-11-33(17(3)4)18(5)14-32/h6-9,12-13,16-18H,10-11,14-15H2,1-5H3,(H,30,35)/t18-/m1/s1. The van der Waals surface area contributed by atoms with E-state index in [0.29, 0.717) is 28.6 Å². The number of anilines is 1. The van der Waals surface area contributed by atoms with Gasteiger partial charge in [-0.2, -0.15) is 0 Å². The molecule has 1 amide bonds. The van der Waals surface area contributed by atoms with Crippen molar-refractivity contribution in [2.24, 2.45) is 0 Å². The zero-order valence-corrected chi connectivity index (χ0v) is 22.1. The van der Waals surface area contributed by atoms with Crippen LogP contribution in [0.5, 0.6) is 0 Å². The van der Waals surface area contributed by atoms with E-state index in [9.17, 15) is 14.0 Å². The number of nitrogens with zero attached hydrogens (tertiary/aromatic N) is 4. The maximum atomic E-state index is 13.8. The summed E-state index contributed by atoms with van der Waals surface area (Å²) in [7, 11) is 0. The number of halogens is 2. The van der Waals surface area contributed by atoms with E-state index in [-0.39, 0.29) is 34.9 Å². The number of amides is 1. The minimum atomic E-state index is -0.566. The van der Waals surface area contributed by atoms with Crippen molar-refractivity contribution in [2.75, 3.05) is 24.5 Å². The topological polar surface area (TPSA) is 70.5 Å². The first-order chi connectivity index (χ1) is 17.0. The van der Waals surface area contributed by atoms with Gasteiger partial charge in [0.1, 0.15) is 18.2 Å². The number of carbonyl (C=O) groups excluding carboxylic acids is 1. The summed E-state index contributed by atoms with van der Waals surface area (Å²) < 4.78 is 15.2. The molecule has 0 unspecified atom stereocenters. The molecular weight excluding hydrogens is 481 g/mol. The predicted molar refractivity (Wildman–Crippen MR) is 143 cm³/mol. The average molecular weight is 514 g/mol. The Bertz CT molecular complexity index is 1340. The van der Waals surface area contributed by atoms with Crippen molar-refractivity contribution in [3.8, 4) is 11.4 Å². The van der Waals surface area contributed by atoms with Crippen LogP contribution < -0.4 is 15.8 Å². The fraction of sp³-hybridized carbons (Fsp3) is 0.444. The van der Waals surface area contributed by atoms with Crippen LogP contribution in [0.15, 0.2) is 41.2 Å². The van der Waals surface area contributed by atoms with Gasteiger partial charge in [-0.3, -0.25) is 19.1 Å². The van der Waals surface area contributed by atoms with Crippen molar-refractivity contribution >= 4 is 34.1 Å². The summed E-state index contributed by atoms with van der Waals surface area (Å²) in [5.41, 5.74) is 1.59. The first-order valence-corrected chi connectivity index (χ1v) is 12.7. The summed E-state index contributed by atoms with van der Waals surface area (Å²) >= 11 is 6.02. The Hall–Kier alpha value is -2.97. The maximum Gasteiger partial charge on any atom is 0.262 e. The van der Waals surface area contributed by atoms with Gasteiger partial charge in [0, 0.05) is 49.0 Å². The molecule has 1 saturated heterocycles. The van der Waals surface area contributed by atoms with Gasteiger partial charge >= 0.3 is 0 Å². The summed E-state index contributed by atoms with van der Waals surface area (Å²) in [6.45, 7) is 12.8. The van der Waals surface area contributed by atoms with Crippen LogP contribution in [0.3, 0.4) is 0 Å². The zero-order valence-electron chi connectivity index (χ0n) is 21.4. The Morgan fingerprint density at radius 1 is 1.17 bits per heavy atom. The molecule has 2 aromatic carbocycles. The van der Waals surface area contributed by atoms with Gasteiger partial charge in [-0.05, 0) is 71.0 Å². The van der Waals surface area contributed by atoms with Gasteiger partial charge in [-0.1, -0.05) is 11.6 Å². The van der Waals surface area contributed by atoms with Crippen molar-refractivity contribution in [1.82, 2.24) is 19.8 Å². The lowest BCUT2D eigenvalue weighted by molar-refractivity contribution is -0.122. The minimum absolute atomic E-state index is 0.0787. The molecule has 0 aliphatic carbocycles. The third-order valence-corrected chi connectivity index (χ3v) is 6.86. The first-order valence-electron chi connectivity index (χ1n) is 12.3. The van der Waals surface area contributed by atoms with Gasteiger partial charge in [0.05, 0.1) is 15.9 Å². The van der Waals surface area contributed by atoms with E-state index >= 15 is 0 Å². The van der Waals surface area contributed by atoms with Crippen molar-refractivity contribution in [2.45, 2.75) is 59.3 Å². The third-order valence-electron chi connectivity index (χ3n) is 6.57. The van der Waals surface area contributed by atoms with Crippen LogP contribution in [0.25, 0.3) is 22.3 Å². The Kier molecular flexibility index (Phi) is 7.66. The highest BCUT2D eigenvalue weighted by atomic mass is 35.5. The van der Waals surface area contributed by atoms with Crippen molar-refractivity contribution in [1.29, 1.82) is 0 Å². The van der Waals surface area contributed by atoms with E-state index in [1.807, 2.05) is 32.0 Å². The Morgan fingerprint density at radius 2 is 1.92 bits per heavy atom. The molecule has 36 heavy (non-hydrogen) atoms. The molecule has 0 radical (unpaired) electrons. The Morgan fingerprint density at radius 3 is 2.56 bits per heavy atom. The summed E-state index contributed by atoms with van der Waals surface area (Å²) in [6.07, 6.45) is 0. The lowest BCUT2D eigenvalue weighted by Crippen LogP contribution is -2.54. The molecule has 0 saturated carbocycles. The second-order valence-corrected chi connectivity index (χ2v) is 10.4. The molecule has 4 rings (SSSR count). The molecular formula is C27H33ClFN5O2. The number of fused-ring (bicyclic) bond motifs is 1. The van der Waals surface area contributed by atoms with E-state index in [0.717, 1.165) is 25.3 Å². The minimum Gasteiger partial charge on any atom is -0.369 e. The lowest BCUT2D eigenvalue weighted by atomic mass is 10.1. The second-order valence-electron chi connectivity index (χ2n) is 10.0.